The van der Waals surface area contributed by atoms with Crippen LogP contribution in [0.5, 0.6) is 0 Å². The number of pyridine rings is 1. The predicted octanol–water partition coefficient (Wildman–Crippen LogP) is 1.17. The van der Waals surface area contributed by atoms with Crippen molar-refractivity contribution < 1.29 is 13.2 Å². The van der Waals surface area contributed by atoms with Crippen LogP contribution >= 0.6 is 11.6 Å². The van der Waals surface area contributed by atoms with E-state index in [0.717, 1.165) is 0 Å². The van der Waals surface area contributed by atoms with Crippen LogP contribution in [-0.4, -0.2) is 38.7 Å². The summed E-state index contributed by atoms with van der Waals surface area (Å²) in [4.78, 5) is 16.3. The average Bonchev–Trinajstić information content (AvgIpc) is 2.46. The number of para-hydroxylation sites is 1. The van der Waals surface area contributed by atoms with Gasteiger partial charge >= 0.3 is 0 Å². The number of sulfonamides is 1. The zero-order valence-corrected chi connectivity index (χ0v) is 12.8. The zero-order valence-electron chi connectivity index (χ0n) is 11.3. The molecule has 0 bridgehead atoms. The normalized spacial score (nSPS) is 11.5. The van der Waals surface area contributed by atoms with Gasteiger partial charge in [-0.2, -0.15) is 0 Å². The number of carbonyl (C=O) groups excluding carboxylic acids is 1. The van der Waals surface area contributed by atoms with Crippen molar-refractivity contribution in [2.75, 3.05) is 19.3 Å². The molecular weight excluding hydrogens is 314 g/mol. The zero-order chi connectivity index (χ0) is 15.5. The van der Waals surface area contributed by atoms with E-state index in [1.54, 1.807) is 24.3 Å². The molecule has 0 saturated heterocycles. The Labute approximate surface area is 127 Å². The third-order valence-electron chi connectivity index (χ3n) is 2.90. The maximum absolute atomic E-state index is 12.2. The van der Waals surface area contributed by atoms with Crippen LogP contribution in [0, 0.1) is 0 Å². The fourth-order valence-corrected chi connectivity index (χ4v) is 2.60. The molecule has 0 aliphatic rings. The number of aromatic nitrogens is 1. The summed E-state index contributed by atoms with van der Waals surface area (Å²) in [5.74, 6) is -0.576. The molecule has 0 fully saturated rings. The van der Waals surface area contributed by atoms with Crippen LogP contribution < -0.4 is 10.0 Å². The molecule has 6 nitrogen and oxygen atoms in total. The van der Waals surface area contributed by atoms with Gasteiger partial charge in [-0.3, -0.25) is 4.79 Å². The Morgan fingerprint density at radius 1 is 1.33 bits per heavy atom. The molecule has 112 valence electrons. The highest BCUT2D eigenvalue weighted by Gasteiger charge is 2.13. The lowest BCUT2D eigenvalue weighted by Crippen LogP contribution is -2.33. The number of hydrogen-bond acceptors (Lipinski definition) is 4. The fourth-order valence-electron chi connectivity index (χ4n) is 1.83. The lowest BCUT2D eigenvalue weighted by molar-refractivity contribution is 0.0957. The first-order chi connectivity index (χ1) is 9.93. The van der Waals surface area contributed by atoms with Crippen molar-refractivity contribution in [1.82, 2.24) is 15.0 Å². The van der Waals surface area contributed by atoms with Gasteiger partial charge in [-0.15, -0.1) is 0 Å². The third kappa shape index (κ3) is 3.90. The molecule has 0 saturated carbocycles. The van der Waals surface area contributed by atoms with E-state index in [-0.39, 0.29) is 23.4 Å². The first-order valence-electron chi connectivity index (χ1n) is 6.17. The van der Waals surface area contributed by atoms with Crippen molar-refractivity contribution in [3.8, 4) is 0 Å². The fraction of sp³-hybridized carbons (Fsp3) is 0.231. The molecule has 1 heterocycles. The Balaban J connectivity index is 2.20. The summed E-state index contributed by atoms with van der Waals surface area (Å²) in [5.41, 5.74) is 0.977. The van der Waals surface area contributed by atoms with E-state index < -0.39 is 10.0 Å². The summed E-state index contributed by atoms with van der Waals surface area (Å²) in [6.45, 7) is 0.0102. The van der Waals surface area contributed by atoms with Gasteiger partial charge in [0.15, 0.2) is 0 Å². The Bertz CT molecular complexity index is 777. The first kappa shape index (κ1) is 15.7. The lowest BCUT2D eigenvalue weighted by atomic mass is 10.1. The van der Waals surface area contributed by atoms with E-state index in [4.69, 9.17) is 11.6 Å². The predicted molar refractivity (Wildman–Crippen MR) is 81.9 cm³/mol. The van der Waals surface area contributed by atoms with Gasteiger partial charge in [-0.05, 0) is 19.2 Å². The summed E-state index contributed by atoms with van der Waals surface area (Å²) in [5, 5.41) is 3.44. The standard InChI is InChI=1S/C13H14ClN3O3S/c1-15-21(19,20)7-6-16-13(18)10-8-12(14)17-11-5-3-2-4-9(10)11/h2-5,8,15H,6-7H2,1H3,(H,16,18). The molecule has 0 spiro atoms. The molecule has 2 N–H and O–H groups in total. The van der Waals surface area contributed by atoms with E-state index in [0.29, 0.717) is 16.5 Å². The van der Waals surface area contributed by atoms with Crippen molar-refractivity contribution in [1.29, 1.82) is 0 Å². The minimum Gasteiger partial charge on any atom is -0.351 e. The minimum atomic E-state index is -3.35. The van der Waals surface area contributed by atoms with Crippen LogP contribution in [-0.2, 0) is 10.0 Å². The van der Waals surface area contributed by atoms with E-state index in [1.165, 1.54) is 13.1 Å². The van der Waals surface area contributed by atoms with Crippen LogP contribution in [0.2, 0.25) is 5.15 Å². The molecule has 8 heteroatoms. The van der Waals surface area contributed by atoms with Gasteiger partial charge in [0.2, 0.25) is 10.0 Å². The quantitative estimate of drug-likeness (QED) is 0.807. The number of rotatable bonds is 5. The highest BCUT2D eigenvalue weighted by molar-refractivity contribution is 7.89. The van der Waals surface area contributed by atoms with Crippen molar-refractivity contribution in [3.05, 3.63) is 41.0 Å². The van der Waals surface area contributed by atoms with Gasteiger partial charge in [0.05, 0.1) is 16.8 Å². The molecule has 0 atom stereocenters. The smallest absolute Gasteiger partial charge is 0.252 e. The Hall–Kier alpha value is -1.70. The van der Waals surface area contributed by atoms with E-state index >= 15 is 0 Å². The Morgan fingerprint density at radius 3 is 2.76 bits per heavy atom. The Kier molecular flexibility index (Phi) is 4.76. The molecule has 2 aromatic rings. The summed E-state index contributed by atoms with van der Waals surface area (Å²) in [6.07, 6.45) is 0. The molecule has 0 unspecified atom stereocenters. The number of benzene rings is 1. The van der Waals surface area contributed by atoms with Crippen LogP contribution in [0.4, 0.5) is 0 Å². The van der Waals surface area contributed by atoms with Crippen molar-refractivity contribution in [2.45, 2.75) is 0 Å². The molecule has 1 amide bonds. The van der Waals surface area contributed by atoms with Crippen molar-refractivity contribution in [2.24, 2.45) is 0 Å². The van der Waals surface area contributed by atoms with Crippen LogP contribution in [0.25, 0.3) is 10.9 Å². The Morgan fingerprint density at radius 2 is 2.05 bits per heavy atom. The maximum Gasteiger partial charge on any atom is 0.252 e. The maximum atomic E-state index is 12.2. The number of hydrogen-bond donors (Lipinski definition) is 2. The third-order valence-corrected chi connectivity index (χ3v) is 4.45. The van der Waals surface area contributed by atoms with Crippen LogP contribution in [0.15, 0.2) is 30.3 Å². The summed E-state index contributed by atoms with van der Waals surface area (Å²) >= 11 is 5.90. The number of halogens is 1. The molecule has 1 aromatic carbocycles. The van der Waals surface area contributed by atoms with E-state index in [2.05, 4.69) is 15.0 Å². The highest BCUT2D eigenvalue weighted by atomic mass is 35.5. The molecule has 0 aliphatic heterocycles. The van der Waals surface area contributed by atoms with Crippen LogP contribution in [0.3, 0.4) is 0 Å². The van der Waals surface area contributed by atoms with Crippen LogP contribution in [0.1, 0.15) is 10.4 Å². The van der Waals surface area contributed by atoms with E-state index in [1.807, 2.05) is 0 Å². The van der Waals surface area contributed by atoms with E-state index in [9.17, 15) is 13.2 Å². The largest absolute Gasteiger partial charge is 0.351 e. The second-order valence-electron chi connectivity index (χ2n) is 4.29. The topological polar surface area (TPSA) is 88.2 Å². The molecule has 1 aromatic heterocycles. The number of amides is 1. The van der Waals surface area contributed by atoms with Crippen molar-refractivity contribution in [3.63, 3.8) is 0 Å². The number of nitrogens with zero attached hydrogens (tertiary/aromatic N) is 1. The van der Waals surface area contributed by atoms with Crippen molar-refractivity contribution >= 4 is 38.4 Å². The second-order valence-corrected chi connectivity index (χ2v) is 6.72. The summed E-state index contributed by atoms with van der Waals surface area (Å²) < 4.78 is 24.8. The van der Waals surface area contributed by atoms with Gasteiger partial charge in [0, 0.05) is 11.9 Å². The molecule has 2 rings (SSSR count). The number of fused-ring (bicyclic) bond motifs is 1. The lowest BCUT2D eigenvalue weighted by Gasteiger charge is -2.08. The van der Waals surface area contributed by atoms with Gasteiger partial charge < -0.3 is 5.32 Å². The second kappa shape index (κ2) is 6.38. The first-order valence-corrected chi connectivity index (χ1v) is 8.20. The van der Waals surface area contributed by atoms with Gasteiger partial charge in [-0.25, -0.2) is 18.1 Å². The van der Waals surface area contributed by atoms with Gasteiger partial charge in [-0.1, -0.05) is 29.8 Å². The summed E-state index contributed by atoms with van der Waals surface area (Å²) in [6, 6.07) is 8.57. The molecular formula is C13H14ClN3O3S. The number of nitrogens with one attached hydrogen (secondary N) is 2. The van der Waals surface area contributed by atoms with Gasteiger partial charge in [0.25, 0.3) is 5.91 Å². The highest BCUT2D eigenvalue weighted by Crippen LogP contribution is 2.20. The SMILES string of the molecule is CNS(=O)(=O)CCNC(=O)c1cc(Cl)nc2ccccc12. The monoisotopic (exact) mass is 327 g/mol. The minimum absolute atomic E-state index is 0.0102. The number of carbonyl (C=O) groups is 1. The summed E-state index contributed by atoms with van der Waals surface area (Å²) in [7, 11) is -2.02. The molecule has 0 aliphatic carbocycles. The molecule has 21 heavy (non-hydrogen) atoms. The van der Waals surface area contributed by atoms with Gasteiger partial charge in [0.1, 0.15) is 5.15 Å². The molecule has 0 radical (unpaired) electrons. The average molecular weight is 328 g/mol.